The second-order valence-electron chi connectivity index (χ2n) is 6.21. The lowest BCUT2D eigenvalue weighted by Gasteiger charge is -2.20. The standard InChI is InChI=1S/C21H22N2O2S2/c1-14-9-10-20(15(2)11-14)26-12-17-13-27-21(22-17)23(16(3)24)18-7-5-6-8-19(18)25-4/h5-11,13H,12H2,1-4H3. The molecule has 0 N–H and O–H groups in total. The summed E-state index contributed by atoms with van der Waals surface area (Å²) >= 11 is 3.23. The van der Waals surface area contributed by atoms with E-state index in [0.29, 0.717) is 16.6 Å². The summed E-state index contributed by atoms with van der Waals surface area (Å²) in [5.74, 6) is 1.31. The molecule has 3 aromatic rings. The van der Waals surface area contributed by atoms with Crippen LogP contribution in [0.5, 0.6) is 5.75 Å². The van der Waals surface area contributed by atoms with Crippen molar-refractivity contribution in [3.63, 3.8) is 0 Å². The second-order valence-corrected chi connectivity index (χ2v) is 8.06. The molecule has 0 fully saturated rings. The van der Waals surface area contributed by atoms with Crippen LogP contribution in [-0.4, -0.2) is 18.0 Å². The number of thioether (sulfide) groups is 1. The van der Waals surface area contributed by atoms with Gasteiger partial charge in [-0.25, -0.2) is 4.98 Å². The third-order valence-corrected chi connectivity index (χ3v) is 6.16. The molecule has 0 spiro atoms. The molecule has 0 aliphatic rings. The Labute approximate surface area is 168 Å². The number of hydrogen-bond acceptors (Lipinski definition) is 5. The summed E-state index contributed by atoms with van der Waals surface area (Å²) in [6, 6.07) is 13.9. The van der Waals surface area contributed by atoms with Crippen LogP contribution in [0.4, 0.5) is 10.8 Å². The van der Waals surface area contributed by atoms with Gasteiger partial charge in [0, 0.05) is 23.0 Å². The number of carbonyl (C=O) groups is 1. The maximum absolute atomic E-state index is 12.3. The summed E-state index contributed by atoms with van der Waals surface area (Å²) in [5, 5.41) is 2.67. The molecule has 1 aromatic heterocycles. The highest BCUT2D eigenvalue weighted by molar-refractivity contribution is 7.98. The molecule has 4 nitrogen and oxygen atoms in total. The van der Waals surface area contributed by atoms with Gasteiger partial charge in [-0.1, -0.05) is 29.8 Å². The maximum atomic E-state index is 12.3. The fourth-order valence-corrected chi connectivity index (χ4v) is 4.69. The fourth-order valence-electron chi connectivity index (χ4n) is 2.80. The minimum Gasteiger partial charge on any atom is -0.495 e. The van der Waals surface area contributed by atoms with Crippen molar-refractivity contribution in [1.29, 1.82) is 0 Å². The summed E-state index contributed by atoms with van der Waals surface area (Å²) in [4.78, 5) is 19.9. The van der Waals surface area contributed by atoms with E-state index in [-0.39, 0.29) is 5.91 Å². The number of rotatable bonds is 6. The van der Waals surface area contributed by atoms with Crippen LogP contribution in [0, 0.1) is 13.8 Å². The zero-order valence-electron chi connectivity index (χ0n) is 15.9. The van der Waals surface area contributed by atoms with Crippen LogP contribution >= 0.6 is 23.1 Å². The summed E-state index contributed by atoms with van der Waals surface area (Å²) in [7, 11) is 1.60. The van der Waals surface area contributed by atoms with Gasteiger partial charge in [-0.2, -0.15) is 0 Å². The first-order valence-electron chi connectivity index (χ1n) is 8.57. The molecule has 0 saturated heterocycles. The van der Waals surface area contributed by atoms with Gasteiger partial charge in [0.25, 0.3) is 0 Å². The molecule has 2 aromatic carbocycles. The number of anilines is 2. The number of methoxy groups -OCH3 is 1. The fraction of sp³-hybridized carbons (Fsp3) is 0.238. The number of aryl methyl sites for hydroxylation is 2. The van der Waals surface area contributed by atoms with Crippen molar-refractivity contribution in [3.8, 4) is 5.75 Å². The first kappa shape index (κ1) is 19.5. The number of benzene rings is 2. The average molecular weight is 399 g/mol. The second kappa shape index (κ2) is 8.59. The monoisotopic (exact) mass is 398 g/mol. The molecule has 0 bridgehead atoms. The molecule has 1 amide bonds. The van der Waals surface area contributed by atoms with Crippen LogP contribution in [0.1, 0.15) is 23.7 Å². The molecule has 140 valence electrons. The van der Waals surface area contributed by atoms with Crippen LogP contribution in [0.25, 0.3) is 0 Å². The molecule has 27 heavy (non-hydrogen) atoms. The van der Waals surface area contributed by atoms with E-state index < -0.39 is 0 Å². The van der Waals surface area contributed by atoms with Crippen molar-refractivity contribution in [1.82, 2.24) is 4.98 Å². The van der Waals surface area contributed by atoms with E-state index >= 15 is 0 Å². The Balaban J connectivity index is 1.81. The number of thiazole rings is 1. The summed E-state index contributed by atoms with van der Waals surface area (Å²) < 4.78 is 5.41. The zero-order valence-corrected chi connectivity index (χ0v) is 17.5. The van der Waals surface area contributed by atoms with Crippen molar-refractivity contribution in [3.05, 3.63) is 64.7 Å². The van der Waals surface area contributed by atoms with E-state index in [1.165, 1.54) is 34.3 Å². The lowest BCUT2D eigenvalue weighted by Crippen LogP contribution is -2.23. The Kier molecular flexibility index (Phi) is 6.19. The molecule has 6 heteroatoms. The number of nitrogens with zero attached hydrogens (tertiary/aromatic N) is 2. The quantitative estimate of drug-likeness (QED) is 0.496. The van der Waals surface area contributed by atoms with Crippen LogP contribution in [-0.2, 0) is 10.5 Å². The highest BCUT2D eigenvalue weighted by Gasteiger charge is 2.21. The topological polar surface area (TPSA) is 42.4 Å². The van der Waals surface area contributed by atoms with Gasteiger partial charge in [0.1, 0.15) is 5.75 Å². The van der Waals surface area contributed by atoms with Gasteiger partial charge in [-0.3, -0.25) is 9.69 Å². The predicted molar refractivity (Wildman–Crippen MR) is 113 cm³/mol. The number of para-hydroxylation sites is 2. The molecule has 0 atom stereocenters. The normalized spacial score (nSPS) is 10.7. The number of carbonyl (C=O) groups excluding carboxylic acids is 1. The van der Waals surface area contributed by atoms with Gasteiger partial charge in [0.15, 0.2) is 5.13 Å². The Bertz CT molecular complexity index is 953. The maximum Gasteiger partial charge on any atom is 0.230 e. The molecule has 0 unspecified atom stereocenters. The number of aromatic nitrogens is 1. The molecule has 3 rings (SSSR count). The van der Waals surface area contributed by atoms with Gasteiger partial charge >= 0.3 is 0 Å². The van der Waals surface area contributed by atoms with Gasteiger partial charge in [0.2, 0.25) is 5.91 Å². The van der Waals surface area contributed by atoms with E-state index in [2.05, 4.69) is 32.0 Å². The van der Waals surface area contributed by atoms with Crippen molar-refractivity contribution in [2.24, 2.45) is 0 Å². The van der Waals surface area contributed by atoms with Crippen molar-refractivity contribution >= 4 is 39.8 Å². The first-order valence-corrected chi connectivity index (χ1v) is 10.4. The molecule has 0 aliphatic carbocycles. The van der Waals surface area contributed by atoms with Crippen LogP contribution in [0.3, 0.4) is 0 Å². The Morgan fingerprint density at radius 1 is 1.22 bits per heavy atom. The van der Waals surface area contributed by atoms with Gasteiger partial charge in [0.05, 0.1) is 18.5 Å². The summed E-state index contributed by atoms with van der Waals surface area (Å²) in [6.45, 7) is 5.77. The SMILES string of the molecule is COc1ccccc1N(C(C)=O)c1nc(CSc2ccc(C)cc2C)cs1. The van der Waals surface area contributed by atoms with Gasteiger partial charge in [-0.15, -0.1) is 23.1 Å². The highest BCUT2D eigenvalue weighted by Crippen LogP contribution is 2.36. The van der Waals surface area contributed by atoms with E-state index in [1.54, 1.807) is 23.8 Å². The summed E-state index contributed by atoms with van der Waals surface area (Å²) in [6.07, 6.45) is 0. The number of hydrogen-bond donors (Lipinski definition) is 0. The lowest BCUT2D eigenvalue weighted by atomic mass is 10.2. The number of amides is 1. The van der Waals surface area contributed by atoms with Crippen molar-refractivity contribution in [2.45, 2.75) is 31.4 Å². The average Bonchev–Trinajstić information content (AvgIpc) is 3.09. The van der Waals surface area contributed by atoms with Crippen LogP contribution in [0.15, 0.2) is 52.7 Å². The molecular formula is C21H22N2O2S2. The molecule has 1 heterocycles. The minimum absolute atomic E-state index is 0.0950. The van der Waals surface area contributed by atoms with Crippen molar-refractivity contribution in [2.75, 3.05) is 12.0 Å². The van der Waals surface area contributed by atoms with E-state index in [0.717, 1.165) is 11.4 Å². The Morgan fingerprint density at radius 3 is 2.70 bits per heavy atom. The highest BCUT2D eigenvalue weighted by atomic mass is 32.2. The van der Waals surface area contributed by atoms with E-state index in [9.17, 15) is 4.79 Å². The Morgan fingerprint density at radius 2 is 2.00 bits per heavy atom. The van der Waals surface area contributed by atoms with Crippen LogP contribution in [0.2, 0.25) is 0 Å². The molecular weight excluding hydrogens is 376 g/mol. The van der Waals surface area contributed by atoms with E-state index in [4.69, 9.17) is 9.72 Å². The third kappa shape index (κ3) is 4.51. The molecule has 0 aliphatic heterocycles. The molecule has 0 radical (unpaired) electrons. The zero-order chi connectivity index (χ0) is 19.4. The molecule has 0 saturated carbocycles. The van der Waals surface area contributed by atoms with Gasteiger partial charge < -0.3 is 4.74 Å². The van der Waals surface area contributed by atoms with Crippen LogP contribution < -0.4 is 9.64 Å². The smallest absolute Gasteiger partial charge is 0.230 e. The van der Waals surface area contributed by atoms with Gasteiger partial charge in [-0.05, 0) is 37.6 Å². The lowest BCUT2D eigenvalue weighted by molar-refractivity contribution is -0.115. The largest absolute Gasteiger partial charge is 0.495 e. The Hall–Kier alpha value is -2.31. The van der Waals surface area contributed by atoms with Crippen molar-refractivity contribution < 1.29 is 9.53 Å². The first-order chi connectivity index (χ1) is 13.0. The summed E-state index contributed by atoms with van der Waals surface area (Å²) in [5.41, 5.74) is 4.20. The van der Waals surface area contributed by atoms with E-state index in [1.807, 2.05) is 29.6 Å². The number of ether oxygens (including phenoxy) is 1. The minimum atomic E-state index is -0.0950. The predicted octanol–water partition coefficient (Wildman–Crippen LogP) is 5.75. The third-order valence-electron chi connectivity index (χ3n) is 4.08.